The molecule has 76 valence electrons. The highest BCUT2D eigenvalue weighted by molar-refractivity contribution is 9.24. The summed E-state index contributed by atoms with van der Waals surface area (Å²) in [6.45, 7) is 0. The van der Waals surface area contributed by atoms with Crippen LogP contribution in [0.25, 0.3) is 0 Å². The van der Waals surface area contributed by atoms with E-state index in [1.54, 1.807) is 0 Å². The van der Waals surface area contributed by atoms with Crippen molar-refractivity contribution in [3.05, 3.63) is 11.8 Å². The van der Waals surface area contributed by atoms with E-state index in [9.17, 15) is 4.79 Å². The molecule has 13 heavy (non-hydrogen) atoms. The van der Waals surface area contributed by atoms with Crippen molar-refractivity contribution < 1.29 is 9.53 Å². The zero-order valence-electron chi connectivity index (χ0n) is 6.36. The van der Waals surface area contributed by atoms with E-state index in [4.69, 9.17) is 39.5 Å². The third-order valence-corrected chi connectivity index (χ3v) is 2.46. The lowest BCUT2D eigenvalue weighted by atomic mass is 10.3. The van der Waals surface area contributed by atoms with Crippen LogP contribution in [-0.2, 0) is 9.53 Å². The van der Waals surface area contributed by atoms with Crippen molar-refractivity contribution in [2.24, 2.45) is 0 Å². The van der Waals surface area contributed by atoms with Gasteiger partial charge >= 0.3 is 0 Å². The molecule has 0 saturated heterocycles. The Hall–Kier alpha value is 1.04. The first kappa shape index (κ1) is 14.0. The summed E-state index contributed by atoms with van der Waals surface area (Å²) in [5.41, 5.74) is 0. The minimum atomic E-state index is -1.95. The second-order valence-electron chi connectivity index (χ2n) is 1.91. The zero-order chi connectivity index (χ0) is 10.6. The van der Waals surface area contributed by atoms with Crippen LogP contribution in [0.15, 0.2) is 11.8 Å². The third-order valence-electron chi connectivity index (χ3n) is 1.00. The highest BCUT2D eigenvalue weighted by atomic mass is 79.9. The molecule has 0 spiro atoms. The van der Waals surface area contributed by atoms with Crippen molar-refractivity contribution in [2.75, 3.05) is 7.11 Å². The Kier molecular flexibility index (Phi) is 6.27. The first-order valence-corrected chi connectivity index (χ1v) is 5.90. The molecule has 0 radical (unpaired) electrons. The average Bonchev–Trinajstić information content (AvgIpc) is 1.96. The number of carbonyl (C=O) groups excluding carboxylic acids is 1. The van der Waals surface area contributed by atoms with Crippen LogP contribution in [0.1, 0.15) is 0 Å². The molecular formula is C6H5Br2Cl3O2. The van der Waals surface area contributed by atoms with Gasteiger partial charge in [0.2, 0.25) is 5.78 Å². The molecule has 0 aliphatic heterocycles. The summed E-state index contributed by atoms with van der Waals surface area (Å²) in [7, 11) is 1.41. The molecule has 7 heteroatoms. The van der Waals surface area contributed by atoms with Gasteiger partial charge in [-0.1, -0.05) is 66.7 Å². The van der Waals surface area contributed by atoms with Gasteiger partial charge in [-0.3, -0.25) is 4.79 Å². The Labute approximate surface area is 108 Å². The second kappa shape index (κ2) is 5.81. The predicted molar refractivity (Wildman–Crippen MR) is 62.0 cm³/mol. The molecule has 0 unspecified atom stereocenters. The van der Waals surface area contributed by atoms with Crippen LogP contribution < -0.4 is 0 Å². The van der Waals surface area contributed by atoms with E-state index in [1.807, 2.05) is 0 Å². The fraction of sp³-hybridized carbons (Fsp3) is 0.500. The number of methoxy groups -OCH3 is 1. The van der Waals surface area contributed by atoms with Crippen molar-refractivity contribution in [3.63, 3.8) is 0 Å². The topological polar surface area (TPSA) is 26.3 Å². The molecular weight excluding hydrogens is 370 g/mol. The molecule has 0 N–H and O–H groups in total. The Morgan fingerprint density at radius 2 is 1.92 bits per heavy atom. The van der Waals surface area contributed by atoms with E-state index in [-0.39, 0.29) is 3.74 Å². The molecule has 0 aromatic rings. The van der Waals surface area contributed by atoms with Crippen LogP contribution in [0.2, 0.25) is 0 Å². The molecule has 0 saturated carbocycles. The van der Waals surface area contributed by atoms with Crippen molar-refractivity contribution in [1.29, 1.82) is 0 Å². The van der Waals surface area contributed by atoms with Gasteiger partial charge in [-0.2, -0.15) is 0 Å². The highest BCUT2D eigenvalue weighted by Crippen LogP contribution is 2.29. The SMILES string of the molecule is CO/C(=C\C(=O)C(Cl)(Cl)Cl)C(Br)Br. The third kappa shape index (κ3) is 5.47. The largest absolute Gasteiger partial charge is 0.499 e. The lowest BCUT2D eigenvalue weighted by molar-refractivity contribution is -0.114. The van der Waals surface area contributed by atoms with Gasteiger partial charge in [-0.15, -0.1) is 0 Å². The smallest absolute Gasteiger partial charge is 0.252 e. The van der Waals surface area contributed by atoms with Gasteiger partial charge < -0.3 is 4.74 Å². The van der Waals surface area contributed by atoms with Crippen LogP contribution in [0.4, 0.5) is 0 Å². The van der Waals surface area contributed by atoms with Crippen LogP contribution >= 0.6 is 66.7 Å². The number of alkyl halides is 5. The van der Waals surface area contributed by atoms with Gasteiger partial charge in [0, 0.05) is 6.08 Å². The first-order chi connectivity index (χ1) is 5.79. The first-order valence-electron chi connectivity index (χ1n) is 2.94. The van der Waals surface area contributed by atoms with Gasteiger partial charge in [0.25, 0.3) is 3.79 Å². The molecule has 2 nitrogen and oxygen atoms in total. The van der Waals surface area contributed by atoms with Crippen LogP contribution in [-0.4, -0.2) is 20.4 Å². The van der Waals surface area contributed by atoms with Crippen LogP contribution in [0, 0.1) is 0 Å². The quantitative estimate of drug-likeness (QED) is 0.428. The van der Waals surface area contributed by atoms with Gasteiger partial charge in [-0.05, 0) is 0 Å². The predicted octanol–water partition coefficient (Wildman–Crippen LogP) is 3.57. The number of halogens is 5. The van der Waals surface area contributed by atoms with Crippen molar-refractivity contribution in [2.45, 2.75) is 7.53 Å². The Bertz CT molecular complexity index is 222. The molecule has 0 bridgehead atoms. The molecule has 0 atom stereocenters. The Morgan fingerprint density at radius 3 is 2.15 bits per heavy atom. The summed E-state index contributed by atoms with van der Waals surface area (Å²) in [5, 5.41) is 0. The fourth-order valence-electron chi connectivity index (χ4n) is 0.422. The van der Waals surface area contributed by atoms with Crippen LogP contribution in [0.5, 0.6) is 0 Å². The number of ether oxygens (including phenoxy) is 1. The summed E-state index contributed by atoms with van der Waals surface area (Å²) >= 11 is 22.3. The number of ketones is 1. The number of hydrogen-bond donors (Lipinski definition) is 0. The van der Waals surface area contributed by atoms with Crippen molar-refractivity contribution in [1.82, 2.24) is 0 Å². The molecule has 0 aromatic heterocycles. The number of carbonyl (C=O) groups is 1. The lowest BCUT2D eigenvalue weighted by Gasteiger charge is -2.09. The van der Waals surface area contributed by atoms with E-state index in [0.717, 1.165) is 6.08 Å². The van der Waals surface area contributed by atoms with Gasteiger partial charge in [0.05, 0.1) is 7.11 Å². The number of allylic oxidation sites excluding steroid dienone is 2. The van der Waals surface area contributed by atoms with E-state index >= 15 is 0 Å². The summed E-state index contributed by atoms with van der Waals surface area (Å²) in [5.74, 6) is -0.324. The Balaban J connectivity index is 4.62. The van der Waals surface area contributed by atoms with Crippen molar-refractivity contribution >= 4 is 72.4 Å². The van der Waals surface area contributed by atoms with E-state index in [0.29, 0.717) is 5.76 Å². The summed E-state index contributed by atoms with van der Waals surface area (Å²) in [6.07, 6.45) is 1.11. The molecule has 0 aliphatic carbocycles. The van der Waals surface area contributed by atoms with E-state index < -0.39 is 9.58 Å². The zero-order valence-corrected chi connectivity index (χ0v) is 11.8. The summed E-state index contributed by atoms with van der Waals surface area (Å²) in [4.78, 5) is 11.1. The van der Waals surface area contributed by atoms with Gasteiger partial charge in [0.15, 0.2) is 0 Å². The highest BCUT2D eigenvalue weighted by Gasteiger charge is 2.29. The van der Waals surface area contributed by atoms with E-state index in [1.165, 1.54) is 7.11 Å². The molecule has 0 amide bonds. The average molecular weight is 375 g/mol. The molecule has 0 rings (SSSR count). The standard InChI is InChI=1S/C6H5Br2Cl3O2/c1-13-3(5(7)8)2-4(12)6(9,10)11/h2,5H,1H3/b3-2-. The summed E-state index contributed by atoms with van der Waals surface area (Å²) in [6, 6.07) is 0. The molecule has 0 fully saturated rings. The van der Waals surface area contributed by atoms with E-state index in [2.05, 4.69) is 31.9 Å². The number of rotatable bonds is 3. The van der Waals surface area contributed by atoms with Gasteiger partial charge in [0.1, 0.15) is 9.50 Å². The number of hydrogen-bond acceptors (Lipinski definition) is 2. The maximum Gasteiger partial charge on any atom is 0.252 e. The molecule has 0 heterocycles. The van der Waals surface area contributed by atoms with Crippen molar-refractivity contribution in [3.8, 4) is 0 Å². The molecule has 0 aliphatic rings. The maximum absolute atomic E-state index is 11.1. The summed E-state index contributed by atoms with van der Waals surface area (Å²) < 4.78 is 2.61. The lowest BCUT2D eigenvalue weighted by Crippen LogP contribution is -2.17. The van der Waals surface area contributed by atoms with Crippen LogP contribution in [0.3, 0.4) is 0 Å². The maximum atomic E-state index is 11.1. The minimum absolute atomic E-state index is 0.290. The fourth-order valence-corrected chi connectivity index (χ4v) is 1.22. The minimum Gasteiger partial charge on any atom is -0.499 e. The normalized spacial score (nSPS) is 13.3. The Morgan fingerprint density at radius 1 is 1.46 bits per heavy atom. The monoisotopic (exact) mass is 372 g/mol. The second-order valence-corrected chi connectivity index (χ2v) is 7.25. The molecule has 0 aromatic carbocycles. The van der Waals surface area contributed by atoms with Gasteiger partial charge in [-0.25, -0.2) is 0 Å².